The van der Waals surface area contributed by atoms with Crippen molar-refractivity contribution in [3.63, 3.8) is 0 Å². The molecule has 0 aliphatic rings. The molecule has 99 valence electrons. The third-order valence-corrected chi connectivity index (χ3v) is 3.25. The summed E-state index contributed by atoms with van der Waals surface area (Å²) in [7, 11) is 3.07. The van der Waals surface area contributed by atoms with Gasteiger partial charge < -0.3 is 14.2 Å². The first-order valence-corrected chi connectivity index (χ1v) is 6.17. The molecule has 0 bridgehead atoms. The van der Waals surface area contributed by atoms with Crippen molar-refractivity contribution < 1.29 is 14.2 Å². The fourth-order valence-corrected chi connectivity index (χ4v) is 1.85. The highest BCUT2D eigenvalue weighted by atomic mass is 35.5. The molecule has 0 fully saturated rings. The zero-order valence-corrected chi connectivity index (χ0v) is 11.9. The Hall–Kier alpha value is -1.58. The highest BCUT2D eigenvalue weighted by Crippen LogP contribution is 2.42. The third-order valence-electron chi connectivity index (χ3n) is 2.44. The standard InChI is InChI=1S/C14H11Cl2O3/c1-17-11-7-4-8-12(18-2)14(11)19-10-6-3-5-9(15)13(10)16/h3,5-8H,1-2H3. The molecule has 0 heterocycles. The summed E-state index contributed by atoms with van der Waals surface area (Å²) in [5, 5.41) is 0.751. The van der Waals surface area contributed by atoms with Crippen molar-refractivity contribution in [1.29, 1.82) is 0 Å². The van der Waals surface area contributed by atoms with Crippen LogP contribution in [0.4, 0.5) is 0 Å². The summed E-state index contributed by atoms with van der Waals surface area (Å²) in [6, 6.07) is 11.3. The Bertz CT molecular complexity index is 563. The Kier molecular flexibility index (Phi) is 4.40. The number of halogens is 2. The highest BCUT2D eigenvalue weighted by Gasteiger charge is 2.15. The number of rotatable bonds is 4. The van der Waals surface area contributed by atoms with E-state index in [1.807, 2.05) is 0 Å². The van der Waals surface area contributed by atoms with E-state index in [9.17, 15) is 0 Å². The van der Waals surface area contributed by atoms with Crippen LogP contribution in [0, 0.1) is 6.07 Å². The molecule has 19 heavy (non-hydrogen) atoms. The first-order chi connectivity index (χ1) is 9.17. The van der Waals surface area contributed by atoms with E-state index >= 15 is 0 Å². The molecule has 0 aromatic heterocycles. The van der Waals surface area contributed by atoms with Crippen LogP contribution in [-0.2, 0) is 0 Å². The molecule has 0 atom stereocenters. The maximum atomic E-state index is 6.09. The molecule has 2 rings (SSSR count). The van der Waals surface area contributed by atoms with Crippen LogP contribution in [0.5, 0.6) is 23.0 Å². The lowest BCUT2D eigenvalue weighted by Gasteiger charge is -2.14. The second-order valence-electron chi connectivity index (χ2n) is 3.58. The number of methoxy groups -OCH3 is 2. The van der Waals surface area contributed by atoms with E-state index in [4.69, 9.17) is 37.4 Å². The number of benzene rings is 2. The maximum absolute atomic E-state index is 6.09. The van der Waals surface area contributed by atoms with Crippen LogP contribution in [0.2, 0.25) is 10.0 Å². The van der Waals surface area contributed by atoms with Crippen molar-refractivity contribution in [3.8, 4) is 23.0 Å². The van der Waals surface area contributed by atoms with Crippen molar-refractivity contribution in [3.05, 3.63) is 46.4 Å². The Morgan fingerprint density at radius 3 is 2.16 bits per heavy atom. The Morgan fingerprint density at radius 2 is 1.58 bits per heavy atom. The van der Waals surface area contributed by atoms with Gasteiger partial charge in [-0.05, 0) is 30.3 Å². The molecule has 0 spiro atoms. The third kappa shape index (κ3) is 2.88. The van der Waals surface area contributed by atoms with Gasteiger partial charge in [0.1, 0.15) is 10.8 Å². The normalized spacial score (nSPS) is 10.1. The lowest BCUT2D eigenvalue weighted by Crippen LogP contribution is -1.95. The van der Waals surface area contributed by atoms with E-state index in [1.165, 1.54) is 14.2 Å². The van der Waals surface area contributed by atoms with Gasteiger partial charge in [-0.2, -0.15) is 0 Å². The molecule has 3 nitrogen and oxygen atoms in total. The van der Waals surface area contributed by atoms with Gasteiger partial charge in [0.05, 0.1) is 19.2 Å². The molecule has 1 radical (unpaired) electrons. The van der Waals surface area contributed by atoms with Crippen molar-refractivity contribution in [2.45, 2.75) is 0 Å². The second kappa shape index (κ2) is 6.04. The Morgan fingerprint density at radius 1 is 0.947 bits per heavy atom. The van der Waals surface area contributed by atoms with Crippen LogP contribution < -0.4 is 14.2 Å². The van der Waals surface area contributed by atoms with E-state index in [2.05, 4.69) is 6.07 Å². The largest absolute Gasteiger partial charge is 0.493 e. The van der Waals surface area contributed by atoms with Crippen LogP contribution in [-0.4, -0.2) is 14.2 Å². The number of hydrogen-bond acceptors (Lipinski definition) is 3. The fourth-order valence-electron chi connectivity index (χ4n) is 1.52. The molecule has 0 saturated carbocycles. The molecule has 0 saturated heterocycles. The summed E-state index contributed by atoms with van der Waals surface area (Å²) < 4.78 is 16.2. The van der Waals surface area contributed by atoms with Crippen molar-refractivity contribution in [2.75, 3.05) is 14.2 Å². The highest BCUT2D eigenvalue weighted by molar-refractivity contribution is 6.42. The average molecular weight is 298 g/mol. The van der Waals surface area contributed by atoms with E-state index in [0.717, 1.165) is 0 Å². The fraction of sp³-hybridized carbons (Fsp3) is 0.143. The van der Waals surface area contributed by atoms with Crippen LogP contribution in [0.15, 0.2) is 30.3 Å². The summed E-state index contributed by atoms with van der Waals surface area (Å²) in [6.07, 6.45) is 0. The van der Waals surface area contributed by atoms with Gasteiger partial charge in [-0.3, -0.25) is 0 Å². The Balaban J connectivity index is 2.45. The molecule has 0 N–H and O–H groups in total. The second-order valence-corrected chi connectivity index (χ2v) is 4.36. The summed E-state index contributed by atoms with van der Waals surface area (Å²) in [6.45, 7) is 0. The van der Waals surface area contributed by atoms with Crippen molar-refractivity contribution >= 4 is 23.2 Å². The molecular weight excluding hydrogens is 287 g/mol. The van der Waals surface area contributed by atoms with E-state index in [0.29, 0.717) is 33.0 Å². The van der Waals surface area contributed by atoms with Gasteiger partial charge in [-0.15, -0.1) is 0 Å². The van der Waals surface area contributed by atoms with E-state index < -0.39 is 0 Å². The van der Waals surface area contributed by atoms with Gasteiger partial charge in [0, 0.05) is 0 Å². The molecule has 0 aliphatic carbocycles. The zero-order chi connectivity index (χ0) is 13.8. The number of hydrogen-bond donors (Lipinski definition) is 0. The molecule has 5 heteroatoms. The Labute approximate surface area is 121 Å². The van der Waals surface area contributed by atoms with Gasteiger partial charge in [0.15, 0.2) is 11.5 Å². The van der Waals surface area contributed by atoms with E-state index in [-0.39, 0.29) is 0 Å². The quantitative estimate of drug-likeness (QED) is 0.825. The lowest BCUT2D eigenvalue weighted by molar-refractivity contribution is 0.346. The van der Waals surface area contributed by atoms with Crippen LogP contribution >= 0.6 is 23.2 Å². The predicted octanol–water partition coefficient (Wildman–Crippen LogP) is 4.60. The summed E-state index contributed by atoms with van der Waals surface area (Å²) in [4.78, 5) is 0. The predicted molar refractivity (Wildman–Crippen MR) is 74.9 cm³/mol. The maximum Gasteiger partial charge on any atom is 0.211 e. The minimum Gasteiger partial charge on any atom is -0.493 e. The minimum absolute atomic E-state index is 0.334. The van der Waals surface area contributed by atoms with Gasteiger partial charge >= 0.3 is 0 Å². The van der Waals surface area contributed by atoms with Crippen molar-refractivity contribution in [2.24, 2.45) is 0 Å². The van der Waals surface area contributed by atoms with Gasteiger partial charge in [-0.25, -0.2) is 0 Å². The van der Waals surface area contributed by atoms with Gasteiger partial charge in [0.25, 0.3) is 0 Å². The summed E-state index contributed by atoms with van der Waals surface area (Å²) in [5.41, 5.74) is 0. The molecular formula is C14H11Cl2O3. The van der Waals surface area contributed by atoms with Crippen LogP contribution in [0.25, 0.3) is 0 Å². The average Bonchev–Trinajstić information content (AvgIpc) is 2.44. The smallest absolute Gasteiger partial charge is 0.211 e. The summed E-state index contributed by atoms with van der Waals surface area (Å²) in [5.74, 6) is 1.84. The van der Waals surface area contributed by atoms with Gasteiger partial charge in [-0.1, -0.05) is 29.3 Å². The molecule has 2 aromatic carbocycles. The first kappa shape index (κ1) is 13.8. The SMILES string of the molecule is COc1c[c]cc(OC)c1Oc1cccc(Cl)c1Cl. The topological polar surface area (TPSA) is 27.7 Å². The van der Waals surface area contributed by atoms with Crippen LogP contribution in [0.1, 0.15) is 0 Å². The summed E-state index contributed by atoms with van der Waals surface area (Å²) >= 11 is 12.0. The van der Waals surface area contributed by atoms with E-state index in [1.54, 1.807) is 30.3 Å². The first-order valence-electron chi connectivity index (χ1n) is 5.41. The molecule has 0 unspecified atom stereocenters. The molecule has 0 aliphatic heterocycles. The number of ether oxygens (including phenoxy) is 3. The van der Waals surface area contributed by atoms with Crippen molar-refractivity contribution in [1.82, 2.24) is 0 Å². The monoisotopic (exact) mass is 297 g/mol. The minimum atomic E-state index is 0.334. The lowest BCUT2D eigenvalue weighted by atomic mass is 10.3. The van der Waals surface area contributed by atoms with Crippen LogP contribution in [0.3, 0.4) is 0 Å². The molecule has 2 aromatic rings. The zero-order valence-electron chi connectivity index (χ0n) is 10.4. The molecule has 0 amide bonds. The van der Waals surface area contributed by atoms with Gasteiger partial charge in [0.2, 0.25) is 5.75 Å².